The molecule has 4 rings (SSSR count). The van der Waals surface area contributed by atoms with Crippen molar-refractivity contribution in [2.75, 3.05) is 13.1 Å². The molecule has 1 aromatic carbocycles. The van der Waals surface area contributed by atoms with Gasteiger partial charge in [0.1, 0.15) is 12.2 Å². The number of likely N-dealkylation sites (tertiary alicyclic amines) is 1. The molecular weight excluding hydrogens is 326 g/mol. The summed E-state index contributed by atoms with van der Waals surface area (Å²) >= 11 is 0. The van der Waals surface area contributed by atoms with E-state index < -0.39 is 0 Å². The van der Waals surface area contributed by atoms with Crippen LogP contribution in [0.4, 0.5) is 0 Å². The zero-order valence-corrected chi connectivity index (χ0v) is 15.0. The first kappa shape index (κ1) is 16.6. The van der Waals surface area contributed by atoms with Gasteiger partial charge in [0, 0.05) is 37.9 Å². The molecule has 0 N–H and O–H groups in total. The van der Waals surface area contributed by atoms with E-state index in [0.29, 0.717) is 5.92 Å². The molecule has 0 radical (unpaired) electrons. The van der Waals surface area contributed by atoms with Crippen molar-refractivity contribution in [2.45, 2.75) is 32.2 Å². The minimum Gasteiger partial charge on any atom is -0.339 e. The molecule has 1 aliphatic rings. The summed E-state index contributed by atoms with van der Waals surface area (Å²) in [6.07, 6.45) is 7.58. The van der Waals surface area contributed by atoms with Crippen molar-refractivity contribution in [3.8, 4) is 5.69 Å². The van der Waals surface area contributed by atoms with Gasteiger partial charge in [-0.25, -0.2) is 0 Å². The lowest BCUT2D eigenvalue weighted by molar-refractivity contribution is 0.0710. The lowest BCUT2D eigenvalue weighted by Gasteiger charge is -2.32. The Bertz CT molecular complexity index is 875. The molecule has 1 fully saturated rings. The van der Waals surface area contributed by atoms with Crippen molar-refractivity contribution in [1.29, 1.82) is 0 Å². The molecule has 6 nitrogen and oxygen atoms in total. The van der Waals surface area contributed by atoms with Gasteiger partial charge in [0.15, 0.2) is 0 Å². The number of amides is 1. The van der Waals surface area contributed by atoms with Crippen molar-refractivity contribution in [2.24, 2.45) is 0 Å². The maximum absolute atomic E-state index is 13.1. The Balaban J connectivity index is 1.50. The summed E-state index contributed by atoms with van der Waals surface area (Å²) in [7, 11) is 0. The molecule has 0 spiro atoms. The fraction of sp³-hybridized carbons (Fsp3) is 0.350. The van der Waals surface area contributed by atoms with E-state index in [1.807, 2.05) is 58.3 Å². The number of nitrogens with zero attached hydrogens (tertiary/aromatic N) is 5. The summed E-state index contributed by atoms with van der Waals surface area (Å²) in [5.41, 5.74) is 1.68. The minimum absolute atomic E-state index is 0.102. The Labute approximate surface area is 153 Å². The molecule has 0 saturated carbocycles. The first-order chi connectivity index (χ1) is 12.8. The maximum atomic E-state index is 13.1. The van der Waals surface area contributed by atoms with Crippen LogP contribution in [0, 0.1) is 0 Å². The number of carbonyl (C=O) groups excluding carboxylic acids is 1. The molecule has 0 atom stereocenters. The highest BCUT2D eigenvalue weighted by atomic mass is 16.2. The van der Waals surface area contributed by atoms with Crippen molar-refractivity contribution >= 4 is 5.91 Å². The summed E-state index contributed by atoms with van der Waals surface area (Å²) in [6, 6.07) is 11.7. The van der Waals surface area contributed by atoms with Crippen molar-refractivity contribution in [1.82, 2.24) is 24.2 Å². The van der Waals surface area contributed by atoms with Gasteiger partial charge in [-0.1, -0.05) is 12.1 Å². The van der Waals surface area contributed by atoms with Crippen LogP contribution in [0.15, 0.2) is 55.1 Å². The smallest absolute Gasteiger partial charge is 0.255 e. The quantitative estimate of drug-likeness (QED) is 0.727. The Morgan fingerprint density at radius 2 is 1.85 bits per heavy atom. The lowest BCUT2D eigenvalue weighted by Crippen LogP contribution is -2.38. The van der Waals surface area contributed by atoms with Crippen molar-refractivity contribution in [3.05, 3.63) is 66.5 Å². The molecule has 0 aliphatic carbocycles. The van der Waals surface area contributed by atoms with Gasteiger partial charge in [-0.15, -0.1) is 10.2 Å². The van der Waals surface area contributed by atoms with E-state index in [1.165, 1.54) is 0 Å². The summed E-state index contributed by atoms with van der Waals surface area (Å²) in [6.45, 7) is 4.48. The van der Waals surface area contributed by atoms with Crippen LogP contribution in [-0.4, -0.2) is 43.2 Å². The average Bonchev–Trinajstić information content (AvgIpc) is 3.39. The van der Waals surface area contributed by atoms with Crippen LogP contribution in [-0.2, 0) is 6.54 Å². The Morgan fingerprint density at radius 1 is 1.12 bits per heavy atom. The number of carbonyl (C=O) groups is 1. The molecule has 3 aromatic rings. The second-order valence-electron chi connectivity index (χ2n) is 6.65. The first-order valence-corrected chi connectivity index (χ1v) is 9.17. The number of piperidine rings is 1. The first-order valence-electron chi connectivity index (χ1n) is 9.17. The van der Waals surface area contributed by atoms with Gasteiger partial charge >= 0.3 is 0 Å². The van der Waals surface area contributed by atoms with Crippen molar-refractivity contribution in [3.63, 3.8) is 0 Å². The zero-order valence-electron chi connectivity index (χ0n) is 15.0. The summed E-state index contributed by atoms with van der Waals surface area (Å²) in [5.74, 6) is 1.53. The standard InChI is InChI=1S/C20H23N5O/c1-2-23-15-21-22-19(23)16-9-13-25(14-10-16)20(26)17-7-3-4-8-18(17)24-11-5-6-12-24/h3-8,11-12,15-16H,2,9-10,13-14H2,1H3. The van der Waals surface area contributed by atoms with E-state index in [4.69, 9.17) is 0 Å². The highest BCUT2D eigenvalue weighted by molar-refractivity contribution is 5.97. The van der Waals surface area contributed by atoms with E-state index >= 15 is 0 Å². The van der Waals surface area contributed by atoms with Crippen LogP contribution in [0.25, 0.3) is 5.69 Å². The third-order valence-electron chi connectivity index (χ3n) is 5.15. The topological polar surface area (TPSA) is 56.0 Å². The molecule has 1 saturated heterocycles. The molecule has 3 heterocycles. The van der Waals surface area contributed by atoms with Crippen molar-refractivity contribution < 1.29 is 4.79 Å². The number of hydrogen-bond donors (Lipinski definition) is 0. The van der Waals surface area contributed by atoms with Gasteiger partial charge in [0.05, 0.1) is 11.3 Å². The number of para-hydroxylation sites is 1. The molecule has 0 unspecified atom stereocenters. The second-order valence-corrected chi connectivity index (χ2v) is 6.65. The van der Waals surface area contributed by atoms with Crippen LogP contribution >= 0.6 is 0 Å². The second kappa shape index (κ2) is 7.15. The molecule has 134 valence electrons. The number of rotatable bonds is 4. The van der Waals surface area contributed by atoms with Crippen LogP contribution in [0.3, 0.4) is 0 Å². The molecule has 1 amide bonds. The fourth-order valence-corrected chi connectivity index (χ4v) is 3.71. The van der Waals surface area contributed by atoms with Gasteiger partial charge in [0.2, 0.25) is 0 Å². The van der Waals surface area contributed by atoms with Gasteiger partial charge in [-0.2, -0.15) is 0 Å². The Kier molecular flexibility index (Phi) is 4.56. The van der Waals surface area contributed by atoms with Gasteiger partial charge in [0.25, 0.3) is 5.91 Å². The number of aryl methyl sites for hydroxylation is 1. The number of hydrogen-bond acceptors (Lipinski definition) is 3. The highest BCUT2D eigenvalue weighted by Crippen LogP contribution is 2.28. The molecule has 2 aromatic heterocycles. The number of benzene rings is 1. The largest absolute Gasteiger partial charge is 0.339 e. The van der Waals surface area contributed by atoms with Gasteiger partial charge in [-0.3, -0.25) is 4.79 Å². The summed E-state index contributed by atoms with van der Waals surface area (Å²) in [4.78, 5) is 15.1. The normalized spacial score (nSPS) is 15.3. The van der Waals surface area contributed by atoms with Gasteiger partial charge in [-0.05, 0) is 44.0 Å². The molecular formula is C20H23N5O. The Hall–Kier alpha value is -2.89. The summed E-state index contributed by atoms with van der Waals surface area (Å²) < 4.78 is 4.09. The number of aromatic nitrogens is 4. The fourth-order valence-electron chi connectivity index (χ4n) is 3.71. The molecule has 1 aliphatic heterocycles. The van der Waals surface area contributed by atoms with E-state index in [1.54, 1.807) is 6.33 Å². The third-order valence-corrected chi connectivity index (χ3v) is 5.15. The maximum Gasteiger partial charge on any atom is 0.255 e. The predicted molar refractivity (Wildman–Crippen MR) is 99.3 cm³/mol. The van der Waals surface area contributed by atoms with E-state index in [-0.39, 0.29) is 5.91 Å². The minimum atomic E-state index is 0.102. The van der Waals surface area contributed by atoms with Crippen LogP contribution in [0.1, 0.15) is 41.9 Å². The van der Waals surface area contributed by atoms with Crippen LogP contribution < -0.4 is 0 Å². The zero-order chi connectivity index (χ0) is 17.9. The van der Waals surface area contributed by atoms with E-state index in [0.717, 1.165) is 49.6 Å². The van der Waals surface area contributed by atoms with E-state index in [2.05, 4.69) is 21.7 Å². The average molecular weight is 349 g/mol. The summed E-state index contributed by atoms with van der Waals surface area (Å²) in [5, 5.41) is 8.33. The highest BCUT2D eigenvalue weighted by Gasteiger charge is 2.28. The molecule has 26 heavy (non-hydrogen) atoms. The predicted octanol–water partition coefficient (Wildman–Crippen LogP) is 3.11. The Morgan fingerprint density at radius 3 is 2.58 bits per heavy atom. The monoisotopic (exact) mass is 349 g/mol. The van der Waals surface area contributed by atoms with Crippen LogP contribution in [0.2, 0.25) is 0 Å². The SMILES string of the molecule is CCn1cnnc1C1CCN(C(=O)c2ccccc2-n2cccc2)CC1. The molecule has 6 heteroatoms. The molecule has 0 bridgehead atoms. The van der Waals surface area contributed by atoms with Crippen LogP contribution in [0.5, 0.6) is 0 Å². The lowest BCUT2D eigenvalue weighted by atomic mass is 9.95. The van der Waals surface area contributed by atoms with E-state index in [9.17, 15) is 4.79 Å². The third kappa shape index (κ3) is 3.03. The van der Waals surface area contributed by atoms with Gasteiger partial charge < -0.3 is 14.0 Å².